The molecular weight excluding hydrogens is 264 g/mol. The molecule has 96 valence electrons. The van der Waals surface area contributed by atoms with E-state index in [4.69, 9.17) is 5.73 Å². The minimum atomic E-state index is -0.0803. The summed E-state index contributed by atoms with van der Waals surface area (Å²) in [6.45, 7) is 4.10. The molecule has 0 saturated carbocycles. The SMILES string of the molecule is Cc1ccc(CC(C)NC(=O)c2sccc2N)s1. The summed E-state index contributed by atoms with van der Waals surface area (Å²) >= 11 is 3.15. The Morgan fingerprint density at radius 1 is 1.44 bits per heavy atom. The summed E-state index contributed by atoms with van der Waals surface area (Å²) in [5.41, 5.74) is 6.28. The fraction of sp³-hybridized carbons (Fsp3) is 0.308. The second kappa shape index (κ2) is 5.54. The van der Waals surface area contributed by atoms with Gasteiger partial charge in [0.05, 0.1) is 5.69 Å². The van der Waals surface area contributed by atoms with Gasteiger partial charge in [-0.1, -0.05) is 0 Å². The number of carbonyl (C=O) groups is 1. The topological polar surface area (TPSA) is 55.1 Å². The van der Waals surface area contributed by atoms with Gasteiger partial charge in [-0.05, 0) is 37.4 Å². The lowest BCUT2D eigenvalue weighted by atomic mass is 10.2. The number of thiophene rings is 2. The summed E-state index contributed by atoms with van der Waals surface area (Å²) in [6.07, 6.45) is 0.857. The van der Waals surface area contributed by atoms with Crippen molar-refractivity contribution in [3.8, 4) is 0 Å². The Bertz CT molecular complexity index is 545. The number of aryl methyl sites for hydroxylation is 1. The van der Waals surface area contributed by atoms with E-state index < -0.39 is 0 Å². The van der Waals surface area contributed by atoms with Gasteiger partial charge in [-0.3, -0.25) is 4.79 Å². The molecule has 0 radical (unpaired) electrons. The molecule has 0 saturated heterocycles. The number of anilines is 1. The molecule has 0 aliphatic carbocycles. The molecule has 1 amide bonds. The smallest absolute Gasteiger partial charge is 0.263 e. The van der Waals surface area contributed by atoms with E-state index in [1.54, 1.807) is 17.4 Å². The van der Waals surface area contributed by atoms with Gasteiger partial charge in [-0.25, -0.2) is 0 Å². The predicted molar refractivity (Wildman–Crippen MR) is 78.4 cm³/mol. The minimum Gasteiger partial charge on any atom is -0.397 e. The largest absolute Gasteiger partial charge is 0.397 e. The molecule has 2 rings (SSSR count). The van der Waals surface area contributed by atoms with Gasteiger partial charge in [-0.2, -0.15) is 0 Å². The Balaban J connectivity index is 1.93. The van der Waals surface area contributed by atoms with Crippen LogP contribution in [0.15, 0.2) is 23.6 Å². The Kier molecular flexibility index (Phi) is 4.04. The van der Waals surface area contributed by atoms with Gasteiger partial charge in [0, 0.05) is 22.2 Å². The van der Waals surface area contributed by atoms with Crippen molar-refractivity contribution >= 4 is 34.3 Å². The number of hydrogen-bond acceptors (Lipinski definition) is 4. The molecule has 1 unspecified atom stereocenters. The van der Waals surface area contributed by atoms with Crippen LogP contribution in [0.2, 0.25) is 0 Å². The van der Waals surface area contributed by atoms with E-state index in [1.807, 2.05) is 12.3 Å². The summed E-state index contributed by atoms with van der Waals surface area (Å²) < 4.78 is 0. The normalized spacial score (nSPS) is 12.3. The molecule has 1 atom stereocenters. The average molecular weight is 280 g/mol. The van der Waals surface area contributed by atoms with Gasteiger partial charge in [0.2, 0.25) is 0 Å². The monoisotopic (exact) mass is 280 g/mol. The van der Waals surface area contributed by atoms with Gasteiger partial charge in [0.15, 0.2) is 0 Å². The molecule has 5 heteroatoms. The maximum atomic E-state index is 12.0. The van der Waals surface area contributed by atoms with Crippen molar-refractivity contribution in [2.75, 3.05) is 5.73 Å². The molecule has 18 heavy (non-hydrogen) atoms. The van der Waals surface area contributed by atoms with Gasteiger partial charge < -0.3 is 11.1 Å². The maximum Gasteiger partial charge on any atom is 0.263 e. The molecule has 0 fully saturated rings. The maximum absolute atomic E-state index is 12.0. The van der Waals surface area contributed by atoms with Crippen LogP contribution >= 0.6 is 22.7 Å². The number of carbonyl (C=O) groups excluding carboxylic acids is 1. The summed E-state index contributed by atoms with van der Waals surface area (Å²) in [5, 5.41) is 4.81. The molecule has 3 N–H and O–H groups in total. The van der Waals surface area contributed by atoms with Crippen molar-refractivity contribution in [1.82, 2.24) is 5.32 Å². The number of nitrogens with one attached hydrogen (secondary N) is 1. The molecule has 2 aromatic rings. The lowest BCUT2D eigenvalue weighted by Gasteiger charge is -2.12. The van der Waals surface area contributed by atoms with E-state index in [1.165, 1.54) is 21.1 Å². The molecular formula is C13H16N2OS2. The van der Waals surface area contributed by atoms with Crippen molar-refractivity contribution in [3.63, 3.8) is 0 Å². The third kappa shape index (κ3) is 3.11. The standard InChI is InChI=1S/C13H16N2OS2/c1-8(7-10-4-3-9(2)18-10)15-13(16)12-11(14)5-6-17-12/h3-6,8H,7,14H2,1-2H3,(H,15,16). The fourth-order valence-electron chi connectivity index (χ4n) is 1.74. The van der Waals surface area contributed by atoms with Crippen LogP contribution in [-0.2, 0) is 6.42 Å². The van der Waals surface area contributed by atoms with Crippen LogP contribution in [0, 0.1) is 6.92 Å². The van der Waals surface area contributed by atoms with E-state index in [2.05, 4.69) is 24.4 Å². The first-order valence-electron chi connectivity index (χ1n) is 5.75. The Morgan fingerprint density at radius 2 is 2.22 bits per heavy atom. The molecule has 0 aromatic carbocycles. The zero-order valence-corrected chi connectivity index (χ0v) is 12.0. The lowest BCUT2D eigenvalue weighted by molar-refractivity contribution is 0.0945. The number of nitrogen functional groups attached to an aromatic ring is 1. The summed E-state index contributed by atoms with van der Waals surface area (Å²) in [4.78, 5) is 15.1. The summed E-state index contributed by atoms with van der Waals surface area (Å²) in [6, 6.07) is 6.08. The Morgan fingerprint density at radius 3 is 2.78 bits per heavy atom. The van der Waals surface area contributed by atoms with Crippen LogP contribution < -0.4 is 11.1 Å². The highest BCUT2D eigenvalue weighted by atomic mass is 32.1. The Hall–Kier alpha value is -1.33. The van der Waals surface area contributed by atoms with E-state index >= 15 is 0 Å². The third-order valence-electron chi connectivity index (χ3n) is 2.58. The minimum absolute atomic E-state index is 0.0803. The van der Waals surface area contributed by atoms with Crippen LogP contribution in [0.25, 0.3) is 0 Å². The van der Waals surface area contributed by atoms with Crippen molar-refractivity contribution in [2.45, 2.75) is 26.3 Å². The molecule has 0 spiro atoms. The van der Waals surface area contributed by atoms with Gasteiger partial charge in [0.1, 0.15) is 4.88 Å². The molecule has 3 nitrogen and oxygen atoms in total. The highest BCUT2D eigenvalue weighted by Crippen LogP contribution is 2.20. The second-order valence-corrected chi connectivity index (χ2v) is 6.58. The molecule has 0 aliphatic heterocycles. The first-order chi connectivity index (χ1) is 8.56. The molecule has 0 bridgehead atoms. The van der Waals surface area contributed by atoms with Crippen LogP contribution in [0.1, 0.15) is 26.3 Å². The van der Waals surface area contributed by atoms with Crippen molar-refractivity contribution in [1.29, 1.82) is 0 Å². The summed E-state index contributed by atoms with van der Waals surface area (Å²) in [5.74, 6) is -0.0803. The quantitative estimate of drug-likeness (QED) is 0.904. The van der Waals surface area contributed by atoms with Crippen LogP contribution in [0.4, 0.5) is 5.69 Å². The highest BCUT2D eigenvalue weighted by molar-refractivity contribution is 7.12. The summed E-state index contributed by atoms with van der Waals surface area (Å²) in [7, 11) is 0. The van der Waals surface area contributed by atoms with Crippen molar-refractivity contribution in [3.05, 3.63) is 38.2 Å². The zero-order chi connectivity index (χ0) is 13.1. The van der Waals surface area contributed by atoms with E-state index in [0.717, 1.165) is 6.42 Å². The van der Waals surface area contributed by atoms with E-state index in [0.29, 0.717) is 10.6 Å². The molecule has 2 aromatic heterocycles. The average Bonchev–Trinajstić information content (AvgIpc) is 2.87. The zero-order valence-electron chi connectivity index (χ0n) is 10.4. The van der Waals surface area contributed by atoms with E-state index in [9.17, 15) is 4.79 Å². The first-order valence-corrected chi connectivity index (χ1v) is 7.45. The van der Waals surface area contributed by atoms with Crippen molar-refractivity contribution in [2.24, 2.45) is 0 Å². The van der Waals surface area contributed by atoms with E-state index in [-0.39, 0.29) is 11.9 Å². The number of hydrogen-bond donors (Lipinski definition) is 2. The van der Waals surface area contributed by atoms with Crippen LogP contribution in [0.3, 0.4) is 0 Å². The van der Waals surface area contributed by atoms with Gasteiger partial charge in [0.25, 0.3) is 5.91 Å². The van der Waals surface area contributed by atoms with Crippen molar-refractivity contribution < 1.29 is 4.79 Å². The predicted octanol–water partition coefficient (Wildman–Crippen LogP) is 3.06. The lowest BCUT2D eigenvalue weighted by Crippen LogP contribution is -2.33. The number of amides is 1. The van der Waals surface area contributed by atoms with Crippen LogP contribution in [-0.4, -0.2) is 11.9 Å². The molecule has 0 aliphatic rings. The van der Waals surface area contributed by atoms with Crippen LogP contribution in [0.5, 0.6) is 0 Å². The number of rotatable bonds is 4. The first kappa shape index (κ1) is 13.1. The fourth-order valence-corrected chi connectivity index (χ4v) is 3.48. The van der Waals surface area contributed by atoms with Gasteiger partial charge >= 0.3 is 0 Å². The Labute approximate surface area is 115 Å². The second-order valence-electron chi connectivity index (χ2n) is 4.30. The highest BCUT2D eigenvalue weighted by Gasteiger charge is 2.14. The van der Waals surface area contributed by atoms with Gasteiger partial charge in [-0.15, -0.1) is 22.7 Å². The number of nitrogens with two attached hydrogens (primary N) is 1. The third-order valence-corrected chi connectivity index (χ3v) is 4.53. The molecule has 2 heterocycles.